The van der Waals surface area contributed by atoms with Crippen LogP contribution in [0.1, 0.15) is 22.0 Å². The Morgan fingerprint density at radius 2 is 2.00 bits per heavy atom. The monoisotopic (exact) mass is 314 g/mol. The lowest BCUT2D eigenvalue weighted by Crippen LogP contribution is -2.37. The molecule has 1 atom stereocenters. The number of hydrogen-bond donors (Lipinski definition) is 0. The fraction of sp³-hybridized carbons (Fsp3) is 0.444. The molecule has 0 spiro atoms. The van der Waals surface area contributed by atoms with Gasteiger partial charge < -0.3 is 9.64 Å². The molecule has 3 heterocycles. The van der Waals surface area contributed by atoms with E-state index < -0.39 is 0 Å². The minimum atomic E-state index is 0.407. The summed E-state index contributed by atoms with van der Waals surface area (Å²) in [4.78, 5) is 6.38. The van der Waals surface area contributed by atoms with E-state index in [1.807, 2.05) is 11.3 Å². The van der Waals surface area contributed by atoms with Crippen molar-refractivity contribution in [2.45, 2.75) is 12.5 Å². The van der Waals surface area contributed by atoms with Gasteiger partial charge in [-0.15, -0.1) is 11.3 Å². The number of hydrogen-bond acceptors (Lipinski definition) is 4. The maximum Gasteiger partial charge on any atom is 0.0697 e. The van der Waals surface area contributed by atoms with Gasteiger partial charge in [-0.25, -0.2) is 0 Å². The molecule has 1 saturated heterocycles. The molecule has 2 aromatic rings. The molecule has 0 aliphatic carbocycles. The number of likely N-dealkylation sites (N-methyl/N-ethyl adjacent to an activating group) is 1. The summed E-state index contributed by atoms with van der Waals surface area (Å²) >= 11 is 1.86. The van der Waals surface area contributed by atoms with Crippen molar-refractivity contribution in [1.82, 2.24) is 4.90 Å². The highest BCUT2D eigenvalue weighted by Crippen LogP contribution is 2.38. The van der Waals surface area contributed by atoms with Crippen molar-refractivity contribution in [3.8, 4) is 0 Å². The summed E-state index contributed by atoms with van der Waals surface area (Å²) < 4.78 is 5.48. The van der Waals surface area contributed by atoms with Crippen LogP contribution >= 0.6 is 11.3 Å². The lowest BCUT2D eigenvalue weighted by atomic mass is 9.91. The van der Waals surface area contributed by atoms with Gasteiger partial charge in [0.05, 0.1) is 19.3 Å². The molecular weight excluding hydrogens is 292 g/mol. The Bertz CT molecular complexity index is 635. The highest BCUT2D eigenvalue weighted by Gasteiger charge is 2.27. The molecule has 1 aromatic heterocycles. The molecule has 2 aliphatic rings. The summed E-state index contributed by atoms with van der Waals surface area (Å²) in [7, 11) is 2.24. The van der Waals surface area contributed by atoms with Crippen LogP contribution in [0.3, 0.4) is 0 Å². The van der Waals surface area contributed by atoms with Crippen molar-refractivity contribution >= 4 is 17.0 Å². The van der Waals surface area contributed by atoms with E-state index in [1.165, 1.54) is 21.7 Å². The van der Waals surface area contributed by atoms with Crippen LogP contribution in [0, 0.1) is 0 Å². The summed E-state index contributed by atoms with van der Waals surface area (Å²) in [5.41, 5.74) is 4.34. The van der Waals surface area contributed by atoms with Gasteiger partial charge in [0.1, 0.15) is 0 Å². The number of anilines is 1. The predicted octanol–water partition coefficient (Wildman–Crippen LogP) is 3.16. The van der Waals surface area contributed by atoms with Gasteiger partial charge in [-0.2, -0.15) is 0 Å². The summed E-state index contributed by atoms with van der Waals surface area (Å²) in [5, 5.41) is 2.18. The van der Waals surface area contributed by atoms with Crippen LogP contribution in [0.15, 0.2) is 35.7 Å². The minimum Gasteiger partial charge on any atom is -0.378 e. The van der Waals surface area contributed by atoms with Gasteiger partial charge in [-0.3, -0.25) is 4.90 Å². The second kappa shape index (κ2) is 6.03. The number of morpholine rings is 1. The fourth-order valence-corrected chi connectivity index (χ4v) is 4.47. The Labute approximate surface area is 136 Å². The minimum absolute atomic E-state index is 0.407. The number of nitrogens with zero attached hydrogens (tertiary/aromatic N) is 2. The predicted molar refractivity (Wildman–Crippen MR) is 92.0 cm³/mol. The van der Waals surface area contributed by atoms with Crippen molar-refractivity contribution in [2.75, 3.05) is 44.8 Å². The molecule has 22 heavy (non-hydrogen) atoms. The topological polar surface area (TPSA) is 15.7 Å². The van der Waals surface area contributed by atoms with Gasteiger partial charge in [0.2, 0.25) is 0 Å². The van der Waals surface area contributed by atoms with Crippen molar-refractivity contribution in [3.63, 3.8) is 0 Å². The second-order valence-electron chi connectivity index (χ2n) is 6.13. The molecule has 116 valence electrons. The van der Waals surface area contributed by atoms with Crippen LogP contribution < -0.4 is 4.90 Å². The summed E-state index contributed by atoms with van der Waals surface area (Å²) in [5.74, 6) is 0. The van der Waals surface area contributed by atoms with Crippen molar-refractivity contribution < 1.29 is 4.74 Å². The van der Waals surface area contributed by atoms with Gasteiger partial charge in [0.15, 0.2) is 0 Å². The average molecular weight is 314 g/mol. The lowest BCUT2D eigenvalue weighted by molar-refractivity contribution is 0.122. The largest absolute Gasteiger partial charge is 0.378 e. The maximum absolute atomic E-state index is 5.48. The van der Waals surface area contributed by atoms with Crippen molar-refractivity contribution in [1.29, 1.82) is 0 Å². The van der Waals surface area contributed by atoms with E-state index in [1.54, 1.807) is 0 Å². The van der Waals surface area contributed by atoms with Crippen LogP contribution in [-0.4, -0.2) is 44.8 Å². The molecule has 0 radical (unpaired) electrons. The molecule has 4 heteroatoms. The van der Waals surface area contributed by atoms with Crippen LogP contribution in [0.25, 0.3) is 0 Å². The zero-order chi connectivity index (χ0) is 14.9. The first-order chi connectivity index (χ1) is 10.8. The Morgan fingerprint density at radius 3 is 2.77 bits per heavy atom. The van der Waals surface area contributed by atoms with E-state index in [-0.39, 0.29) is 0 Å². The van der Waals surface area contributed by atoms with E-state index in [0.717, 1.165) is 39.3 Å². The Hall–Kier alpha value is -1.36. The fourth-order valence-electron chi connectivity index (χ4n) is 3.56. The Kier molecular flexibility index (Phi) is 3.90. The third-order valence-corrected chi connectivity index (χ3v) is 5.71. The van der Waals surface area contributed by atoms with Gasteiger partial charge >= 0.3 is 0 Å². The van der Waals surface area contributed by atoms with Gasteiger partial charge in [0, 0.05) is 30.2 Å². The zero-order valence-corrected chi connectivity index (χ0v) is 13.8. The van der Waals surface area contributed by atoms with E-state index in [4.69, 9.17) is 4.74 Å². The zero-order valence-electron chi connectivity index (χ0n) is 13.0. The highest BCUT2D eigenvalue weighted by atomic mass is 32.1. The maximum atomic E-state index is 5.48. The number of benzene rings is 1. The highest BCUT2D eigenvalue weighted by molar-refractivity contribution is 7.10. The SMILES string of the molecule is CN1CCc2ccc(N3CCOCC3)cc2C1c1cccs1. The van der Waals surface area contributed by atoms with Gasteiger partial charge in [-0.1, -0.05) is 12.1 Å². The first-order valence-electron chi connectivity index (χ1n) is 8.02. The summed E-state index contributed by atoms with van der Waals surface area (Å²) in [6.45, 7) is 4.81. The number of fused-ring (bicyclic) bond motifs is 1. The standard InChI is InChI=1S/C18H22N2OS/c1-19-7-6-14-4-5-15(20-8-10-21-11-9-20)13-16(14)18(19)17-3-2-12-22-17/h2-5,12-13,18H,6-11H2,1H3. The first kappa shape index (κ1) is 14.2. The second-order valence-corrected chi connectivity index (χ2v) is 7.11. The molecule has 0 amide bonds. The summed E-state index contributed by atoms with van der Waals surface area (Å²) in [6.07, 6.45) is 1.15. The van der Waals surface area contributed by atoms with Crippen molar-refractivity contribution in [2.24, 2.45) is 0 Å². The normalized spacial score (nSPS) is 22.6. The van der Waals surface area contributed by atoms with Crippen LogP contribution in [0.5, 0.6) is 0 Å². The molecule has 1 aromatic carbocycles. The van der Waals surface area contributed by atoms with E-state index in [9.17, 15) is 0 Å². The van der Waals surface area contributed by atoms with Gasteiger partial charge in [-0.05, 0) is 48.2 Å². The molecule has 0 bridgehead atoms. The first-order valence-corrected chi connectivity index (χ1v) is 8.90. The smallest absolute Gasteiger partial charge is 0.0697 e. The Morgan fingerprint density at radius 1 is 1.14 bits per heavy atom. The third-order valence-electron chi connectivity index (χ3n) is 4.79. The van der Waals surface area contributed by atoms with Crippen molar-refractivity contribution in [3.05, 3.63) is 51.7 Å². The third kappa shape index (κ3) is 2.56. The van der Waals surface area contributed by atoms with Crippen LogP contribution in [0.2, 0.25) is 0 Å². The number of ether oxygens (including phenoxy) is 1. The summed E-state index contributed by atoms with van der Waals surface area (Å²) in [6, 6.07) is 11.9. The molecular formula is C18H22N2OS. The van der Waals surface area contributed by atoms with Crippen LogP contribution in [0.4, 0.5) is 5.69 Å². The molecule has 4 rings (SSSR count). The number of thiophene rings is 1. The number of rotatable bonds is 2. The van der Waals surface area contributed by atoms with E-state index in [0.29, 0.717) is 6.04 Å². The van der Waals surface area contributed by atoms with Crippen LogP contribution in [-0.2, 0) is 11.2 Å². The Balaban J connectivity index is 1.73. The quantitative estimate of drug-likeness (QED) is 0.847. The lowest BCUT2D eigenvalue weighted by Gasteiger charge is -2.36. The molecule has 1 unspecified atom stereocenters. The molecule has 2 aliphatic heterocycles. The molecule has 1 fully saturated rings. The molecule has 0 N–H and O–H groups in total. The van der Waals surface area contributed by atoms with E-state index in [2.05, 4.69) is 52.6 Å². The van der Waals surface area contributed by atoms with E-state index >= 15 is 0 Å². The molecule has 0 saturated carbocycles. The average Bonchev–Trinajstić information content (AvgIpc) is 3.09. The molecule has 3 nitrogen and oxygen atoms in total. The van der Waals surface area contributed by atoms with Gasteiger partial charge in [0.25, 0.3) is 0 Å².